The zero-order valence-corrected chi connectivity index (χ0v) is 18.3. The number of likely N-dealkylation sites (tertiary alicyclic amines) is 1. The van der Waals surface area contributed by atoms with Crippen molar-refractivity contribution in [2.24, 2.45) is 0 Å². The van der Waals surface area contributed by atoms with Crippen LogP contribution in [0.2, 0.25) is 0 Å². The molecule has 1 saturated heterocycles. The highest BCUT2D eigenvalue weighted by atomic mass is 32.2. The fraction of sp³-hybridized carbons (Fsp3) is 0.455. The molecule has 2 aliphatic heterocycles. The zero-order valence-electron chi connectivity index (χ0n) is 17.5. The Kier molecular flexibility index (Phi) is 5.79. The van der Waals surface area contributed by atoms with Gasteiger partial charge in [0.15, 0.2) is 5.82 Å². The number of aromatic nitrogens is 1. The summed E-state index contributed by atoms with van der Waals surface area (Å²) >= 11 is 0. The summed E-state index contributed by atoms with van der Waals surface area (Å²) < 4.78 is 27.9. The van der Waals surface area contributed by atoms with E-state index in [0.29, 0.717) is 12.4 Å². The number of aryl methyl sites for hydroxylation is 1. The van der Waals surface area contributed by atoms with Crippen LogP contribution >= 0.6 is 0 Å². The number of anilines is 2. The Bertz CT molecular complexity index is 1020. The third kappa shape index (κ3) is 3.81. The maximum Gasteiger partial charge on any atom is 0.248 e. The quantitative estimate of drug-likeness (QED) is 0.747. The van der Waals surface area contributed by atoms with Crippen molar-refractivity contribution < 1.29 is 13.2 Å². The average Bonchev–Trinajstić information content (AvgIpc) is 2.76. The second kappa shape index (κ2) is 8.35. The Hall–Kier alpha value is -2.45. The van der Waals surface area contributed by atoms with Crippen LogP contribution in [0.4, 0.5) is 11.5 Å². The van der Waals surface area contributed by atoms with Gasteiger partial charge in [-0.3, -0.25) is 4.79 Å². The van der Waals surface area contributed by atoms with Crippen molar-refractivity contribution in [2.75, 3.05) is 24.7 Å². The minimum Gasteiger partial charge on any atom is -0.339 e. The predicted molar refractivity (Wildman–Crippen MR) is 116 cm³/mol. The summed E-state index contributed by atoms with van der Waals surface area (Å²) in [5, 5.41) is 0. The van der Waals surface area contributed by atoms with Gasteiger partial charge in [-0.15, -0.1) is 0 Å². The van der Waals surface area contributed by atoms with E-state index in [-0.39, 0.29) is 30.1 Å². The number of nitrogens with zero attached hydrogens (tertiary/aromatic N) is 4. The molecule has 0 N–H and O–H groups in total. The van der Waals surface area contributed by atoms with Crippen LogP contribution in [0.3, 0.4) is 0 Å². The molecule has 1 aromatic carbocycles. The molecule has 0 bridgehead atoms. The van der Waals surface area contributed by atoms with E-state index in [1.165, 1.54) is 4.31 Å². The molecule has 1 fully saturated rings. The SMILES string of the molecule is CC[C@@H]1CCCCN1C(=O)CN1CN(c2ccc(C)cc2)c2ncccc2S1(=O)=O. The number of carbonyl (C=O) groups excluding carboxylic acids is 1. The van der Waals surface area contributed by atoms with Gasteiger partial charge in [-0.25, -0.2) is 13.4 Å². The van der Waals surface area contributed by atoms with Gasteiger partial charge in [0.1, 0.15) is 4.90 Å². The fourth-order valence-corrected chi connectivity index (χ4v) is 5.75. The van der Waals surface area contributed by atoms with E-state index in [1.807, 2.05) is 41.0 Å². The lowest BCUT2D eigenvalue weighted by atomic mass is 10.00. The maximum atomic E-state index is 13.3. The third-order valence-electron chi connectivity index (χ3n) is 6.00. The summed E-state index contributed by atoms with van der Waals surface area (Å²) in [4.78, 5) is 21.3. The Morgan fingerprint density at radius 3 is 2.67 bits per heavy atom. The van der Waals surface area contributed by atoms with Crippen LogP contribution in [0, 0.1) is 6.92 Å². The molecule has 8 heteroatoms. The lowest BCUT2D eigenvalue weighted by molar-refractivity contribution is -0.135. The van der Waals surface area contributed by atoms with Crippen molar-refractivity contribution in [1.29, 1.82) is 0 Å². The molecule has 3 heterocycles. The van der Waals surface area contributed by atoms with Gasteiger partial charge in [-0.1, -0.05) is 24.6 Å². The number of fused-ring (bicyclic) bond motifs is 1. The van der Waals surface area contributed by atoms with Gasteiger partial charge in [0, 0.05) is 24.5 Å². The predicted octanol–water partition coefficient (Wildman–Crippen LogP) is 3.28. The standard InChI is InChI=1S/C22H28N4O3S/c1-3-18-7-4-5-14-25(18)21(27)15-24-16-26(19-11-9-17(2)10-12-19)22-20(30(24,28)29)8-6-13-23-22/h6,8-13,18H,3-5,7,14-16H2,1-2H3/t18-/m1/s1. The summed E-state index contributed by atoms with van der Waals surface area (Å²) in [6.45, 7) is 4.69. The van der Waals surface area contributed by atoms with Gasteiger partial charge in [0.2, 0.25) is 15.9 Å². The molecule has 1 atom stereocenters. The van der Waals surface area contributed by atoms with Crippen LogP contribution in [0.15, 0.2) is 47.5 Å². The lowest BCUT2D eigenvalue weighted by Gasteiger charge is -2.39. The number of carbonyl (C=O) groups is 1. The lowest BCUT2D eigenvalue weighted by Crippen LogP contribution is -2.52. The number of rotatable bonds is 4. The van der Waals surface area contributed by atoms with E-state index in [9.17, 15) is 13.2 Å². The van der Waals surface area contributed by atoms with Crippen molar-refractivity contribution in [2.45, 2.75) is 50.5 Å². The van der Waals surface area contributed by atoms with Gasteiger partial charge >= 0.3 is 0 Å². The van der Waals surface area contributed by atoms with Crippen LogP contribution in [0.25, 0.3) is 0 Å². The molecule has 30 heavy (non-hydrogen) atoms. The van der Waals surface area contributed by atoms with E-state index >= 15 is 0 Å². The number of benzene rings is 1. The van der Waals surface area contributed by atoms with E-state index in [0.717, 1.165) is 36.9 Å². The zero-order chi connectivity index (χ0) is 21.3. The molecule has 0 radical (unpaired) electrons. The Morgan fingerprint density at radius 2 is 1.93 bits per heavy atom. The van der Waals surface area contributed by atoms with Gasteiger partial charge in [-0.2, -0.15) is 4.31 Å². The topological polar surface area (TPSA) is 73.8 Å². The summed E-state index contributed by atoms with van der Waals surface area (Å²) in [5.74, 6) is 0.274. The van der Waals surface area contributed by atoms with Crippen molar-refractivity contribution in [3.63, 3.8) is 0 Å². The van der Waals surface area contributed by atoms with E-state index in [1.54, 1.807) is 18.3 Å². The van der Waals surface area contributed by atoms with Crippen LogP contribution in [-0.2, 0) is 14.8 Å². The van der Waals surface area contributed by atoms with Crippen LogP contribution < -0.4 is 4.90 Å². The van der Waals surface area contributed by atoms with Crippen molar-refractivity contribution in [3.05, 3.63) is 48.2 Å². The van der Waals surface area contributed by atoms with Crippen molar-refractivity contribution >= 4 is 27.4 Å². The van der Waals surface area contributed by atoms with Crippen molar-refractivity contribution in [1.82, 2.24) is 14.2 Å². The normalized spacial score (nSPS) is 21.3. The first-order chi connectivity index (χ1) is 14.4. The molecular formula is C22H28N4O3S. The molecule has 4 rings (SSSR count). The van der Waals surface area contributed by atoms with Crippen molar-refractivity contribution in [3.8, 4) is 0 Å². The molecule has 0 aliphatic carbocycles. The van der Waals surface area contributed by atoms with Gasteiger partial charge in [-0.05, 0) is 56.9 Å². The first kappa shape index (κ1) is 20.8. The number of piperidine rings is 1. The first-order valence-corrected chi connectivity index (χ1v) is 11.9. The third-order valence-corrected chi connectivity index (χ3v) is 7.80. The minimum absolute atomic E-state index is 0.0613. The second-order valence-corrected chi connectivity index (χ2v) is 9.90. The molecule has 2 aromatic rings. The Labute approximate surface area is 178 Å². The molecule has 160 valence electrons. The van der Waals surface area contributed by atoms with E-state index in [4.69, 9.17) is 0 Å². The largest absolute Gasteiger partial charge is 0.339 e. The van der Waals surface area contributed by atoms with Crippen LogP contribution in [0.1, 0.15) is 38.2 Å². The summed E-state index contributed by atoms with van der Waals surface area (Å²) in [5.41, 5.74) is 1.96. The number of pyridine rings is 1. The Morgan fingerprint density at radius 1 is 1.17 bits per heavy atom. The van der Waals surface area contributed by atoms with Crippen LogP contribution in [-0.4, -0.2) is 54.3 Å². The van der Waals surface area contributed by atoms with E-state index in [2.05, 4.69) is 11.9 Å². The maximum absolute atomic E-state index is 13.3. The average molecular weight is 429 g/mol. The molecular weight excluding hydrogens is 400 g/mol. The minimum atomic E-state index is -3.81. The highest BCUT2D eigenvalue weighted by molar-refractivity contribution is 7.89. The van der Waals surface area contributed by atoms with Gasteiger partial charge in [0.25, 0.3) is 0 Å². The molecule has 1 amide bonds. The highest BCUT2D eigenvalue weighted by Crippen LogP contribution is 2.36. The smallest absolute Gasteiger partial charge is 0.248 e. The molecule has 7 nitrogen and oxygen atoms in total. The monoisotopic (exact) mass is 428 g/mol. The molecule has 2 aliphatic rings. The highest BCUT2D eigenvalue weighted by Gasteiger charge is 2.39. The van der Waals surface area contributed by atoms with Gasteiger partial charge < -0.3 is 9.80 Å². The Balaban J connectivity index is 1.67. The second-order valence-electron chi connectivity index (χ2n) is 7.99. The molecule has 1 aromatic heterocycles. The summed E-state index contributed by atoms with van der Waals surface area (Å²) in [6, 6.07) is 11.2. The number of hydrogen-bond donors (Lipinski definition) is 0. The fourth-order valence-electron chi connectivity index (χ4n) is 4.28. The first-order valence-electron chi connectivity index (χ1n) is 10.5. The number of amides is 1. The molecule has 0 unspecified atom stereocenters. The van der Waals surface area contributed by atoms with Crippen LogP contribution in [0.5, 0.6) is 0 Å². The summed E-state index contributed by atoms with van der Waals surface area (Å²) in [7, 11) is -3.81. The summed E-state index contributed by atoms with van der Waals surface area (Å²) in [6.07, 6.45) is 5.55. The molecule has 0 saturated carbocycles. The van der Waals surface area contributed by atoms with E-state index < -0.39 is 10.0 Å². The number of sulfonamides is 1. The molecule has 0 spiro atoms. The van der Waals surface area contributed by atoms with Gasteiger partial charge in [0.05, 0.1) is 13.2 Å². The number of hydrogen-bond acceptors (Lipinski definition) is 5.